The van der Waals surface area contributed by atoms with Gasteiger partial charge in [-0.1, -0.05) is 12.1 Å². The first-order valence-electron chi connectivity index (χ1n) is 8.69. The quantitative estimate of drug-likeness (QED) is 0.881. The Balaban J connectivity index is 1.35. The van der Waals surface area contributed by atoms with Gasteiger partial charge in [0.1, 0.15) is 0 Å². The number of carbonyl (C=O) groups excluding carboxylic acids is 1. The fraction of sp³-hybridized carbons (Fsp3) is 0.611. The molecule has 2 atom stereocenters. The van der Waals surface area contributed by atoms with Crippen LogP contribution in [0.4, 0.5) is 10.5 Å². The summed E-state index contributed by atoms with van der Waals surface area (Å²) in [4.78, 5) is 14.4. The van der Waals surface area contributed by atoms with Crippen LogP contribution in [0, 0.1) is 5.41 Å². The van der Waals surface area contributed by atoms with E-state index in [9.17, 15) is 4.79 Å². The SMILES string of the molecule is O=C(Nc1ccc(C2CCOC2)cc1)N1CCC2(CCNC2)C1. The first-order chi connectivity index (χ1) is 11.2. The predicted molar refractivity (Wildman–Crippen MR) is 89.7 cm³/mol. The summed E-state index contributed by atoms with van der Waals surface area (Å²) in [5.41, 5.74) is 2.50. The Morgan fingerprint density at radius 1 is 1.30 bits per heavy atom. The van der Waals surface area contributed by atoms with Crippen molar-refractivity contribution in [3.8, 4) is 0 Å². The van der Waals surface area contributed by atoms with Gasteiger partial charge in [-0.2, -0.15) is 0 Å². The molecule has 0 saturated carbocycles. The van der Waals surface area contributed by atoms with Crippen molar-refractivity contribution in [1.82, 2.24) is 10.2 Å². The number of hydrogen-bond donors (Lipinski definition) is 2. The van der Waals surface area contributed by atoms with Crippen molar-refractivity contribution in [2.45, 2.75) is 25.2 Å². The van der Waals surface area contributed by atoms with Crippen LogP contribution in [-0.4, -0.2) is 50.3 Å². The molecule has 1 aromatic rings. The second kappa shape index (κ2) is 6.13. The lowest BCUT2D eigenvalue weighted by molar-refractivity contribution is 0.194. The number of nitrogens with one attached hydrogen (secondary N) is 2. The minimum Gasteiger partial charge on any atom is -0.381 e. The Morgan fingerprint density at radius 3 is 2.87 bits per heavy atom. The number of rotatable bonds is 2. The zero-order valence-electron chi connectivity index (χ0n) is 13.5. The summed E-state index contributed by atoms with van der Waals surface area (Å²) in [5.74, 6) is 0.507. The molecular formula is C18H25N3O2. The number of carbonyl (C=O) groups is 1. The van der Waals surface area contributed by atoms with Gasteiger partial charge in [-0.15, -0.1) is 0 Å². The number of anilines is 1. The van der Waals surface area contributed by atoms with Crippen molar-refractivity contribution in [3.05, 3.63) is 29.8 Å². The van der Waals surface area contributed by atoms with Crippen LogP contribution in [0.1, 0.15) is 30.7 Å². The van der Waals surface area contributed by atoms with Crippen molar-refractivity contribution in [2.75, 3.05) is 44.7 Å². The van der Waals surface area contributed by atoms with E-state index in [1.807, 2.05) is 17.0 Å². The Bertz CT molecular complexity index is 560. The molecule has 3 aliphatic rings. The van der Waals surface area contributed by atoms with E-state index in [4.69, 9.17) is 4.74 Å². The average Bonchev–Trinajstić information content (AvgIpc) is 3.31. The van der Waals surface area contributed by atoms with Crippen LogP contribution >= 0.6 is 0 Å². The van der Waals surface area contributed by atoms with Crippen LogP contribution in [-0.2, 0) is 4.74 Å². The second-order valence-corrected chi connectivity index (χ2v) is 7.21. The van der Waals surface area contributed by atoms with Crippen LogP contribution < -0.4 is 10.6 Å². The highest BCUT2D eigenvalue weighted by atomic mass is 16.5. The van der Waals surface area contributed by atoms with Crippen LogP contribution in [0.15, 0.2) is 24.3 Å². The van der Waals surface area contributed by atoms with Crippen LogP contribution in [0.3, 0.4) is 0 Å². The molecule has 5 heteroatoms. The minimum atomic E-state index is 0.0331. The Labute approximate surface area is 137 Å². The van der Waals surface area contributed by atoms with Gasteiger partial charge in [-0.05, 0) is 43.5 Å². The molecule has 3 saturated heterocycles. The number of ether oxygens (including phenoxy) is 1. The summed E-state index contributed by atoms with van der Waals surface area (Å²) in [6, 6.07) is 8.27. The van der Waals surface area contributed by atoms with Crippen molar-refractivity contribution < 1.29 is 9.53 Å². The number of nitrogens with zero attached hydrogens (tertiary/aromatic N) is 1. The van der Waals surface area contributed by atoms with Gasteiger partial charge in [0.25, 0.3) is 0 Å². The molecule has 3 heterocycles. The van der Waals surface area contributed by atoms with Gasteiger partial charge < -0.3 is 20.3 Å². The highest BCUT2D eigenvalue weighted by Gasteiger charge is 2.41. The molecule has 1 spiro atoms. The molecule has 23 heavy (non-hydrogen) atoms. The standard InChI is InChI=1S/C18H25N3O2/c22-17(21-9-7-18(13-21)6-8-19-12-18)20-16-3-1-14(2-4-16)15-5-10-23-11-15/h1-4,15,19H,5-13H2,(H,20,22). The van der Waals surface area contributed by atoms with E-state index < -0.39 is 0 Å². The van der Waals surface area contributed by atoms with Gasteiger partial charge in [0.2, 0.25) is 0 Å². The highest BCUT2D eigenvalue weighted by Crippen LogP contribution is 2.36. The molecule has 1 aromatic carbocycles. The topological polar surface area (TPSA) is 53.6 Å². The first kappa shape index (κ1) is 15.0. The molecule has 124 valence electrons. The zero-order chi connectivity index (χ0) is 15.7. The molecule has 2 unspecified atom stereocenters. The second-order valence-electron chi connectivity index (χ2n) is 7.21. The number of likely N-dealkylation sites (tertiary alicyclic amines) is 1. The zero-order valence-corrected chi connectivity index (χ0v) is 13.5. The Morgan fingerprint density at radius 2 is 2.17 bits per heavy atom. The van der Waals surface area contributed by atoms with E-state index in [0.29, 0.717) is 11.3 Å². The number of amides is 2. The van der Waals surface area contributed by atoms with E-state index in [0.717, 1.165) is 57.9 Å². The largest absolute Gasteiger partial charge is 0.381 e. The number of urea groups is 1. The van der Waals surface area contributed by atoms with E-state index in [1.54, 1.807) is 0 Å². The van der Waals surface area contributed by atoms with E-state index in [1.165, 1.54) is 12.0 Å². The fourth-order valence-corrected chi connectivity index (χ4v) is 4.09. The molecule has 3 aliphatic heterocycles. The summed E-state index contributed by atoms with van der Waals surface area (Å²) >= 11 is 0. The van der Waals surface area contributed by atoms with Crippen molar-refractivity contribution in [1.29, 1.82) is 0 Å². The van der Waals surface area contributed by atoms with Crippen molar-refractivity contribution in [3.63, 3.8) is 0 Å². The maximum Gasteiger partial charge on any atom is 0.321 e. The number of benzene rings is 1. The summed E-state index contributed by atoms with van der Waals surface area (Å²) in [5, 5.41) is 6.47. The summed E-state index contributed by atoms with van der Waals surface area (Å²) in [7, 11) is 0. The maximum absolute atomic E-state index is 12.5. The average molecular weight is 315 g/mol. The maximum atomic E-state index is 12.5. The Hall–Kier alpha value is -1.59. The van der Waals surface area contributed by atoms with Gasteiger partial charge >= 0.3 is 6.03 Å². The van der Waals surface area contributed by atoms with Gasteiger partial charge in [-0.3, -0.25) is 0 Å². The normalized spacial score (nSPS) is 30.3. The van der Waals surface area contributed by atoms with Gasteiger partial charge in [-0.25, -0.2) is 4.79 Å². The van der Waals surface area contributed by atoms with E-state index in [2.05, 4.69) is 22.8 Å². The minimum absolute atomic E-state index is 0.0331. The van der Waals surface area contributed by atoms with Gasteiger partial charge in [0.15, 0.2) is 0 Å². The van der Waals surface area contributed by atoms with Crippen molar-refractivity contribution >= 4 is 11.7 Å². The third-order valence-electron chi connectivity index (χ3n) is 5.62. The fourth-order valence-electron chi connectivity index (χ4n) is 4.09. The molecule has 4 rings (SSSR count). The molecule has 3 fully saturated rings. The van der Waals surface area contributed by atoms with Crippen molar-refractivity contribution in [2.24, 2.45) is 5.41 Å². The van der Waals surface area contributed by atoms with Crippen LogP contribution in [0.5, 0.6) is 0 Å². The van der Waals surface area contributed by atoms with Gasteiger partial charge in [0, 0.05) is 43.3 Å². The predicted octanol–water partition coefficient (Wildman–Crippen LogP) is 2.41. The molecule has 2 amide bonds. The highest BCUT2D eigenvalue weighted by molar-refractivity contribution is 5.89. The lowest BCUT2D eigenvalue weighted by atomic mass is 9.87. The third kappa shape index (κ3) is 3.08. The lowest BCUT2D eigenvalue weighted by Crippen LogP contribution is -2.36. The smallest absolute Gasteiger partial charge is 0.321 e. The monoisotopic (exact) mass is 315 g/mol. The molecule has 2 N–H and O–H groups in total. The van der Waals surface area contributed by atoms with Crippen LogP contribution in [0.2, 0.25) is 0 Å². The Kier molecular flexibility index (Phi) is 3.99. The lowest BCUT2D eigenvalue weighted by Gasteiger charge is -2.23. The molecule has 0 bridgehead atoms. The van der Waals surface area contributed by atoms with Crippen LogP contribution in [0.25, 0.3) is 0 Å². The van der Waals surface area contributed by atoms with Gasteiger partial charge in [0.05, 0.1) is 6.61 Å². The first-order valence-corrected chi connectivity index (χ1v) is 8.69. The summed E-state index contributed by atoms with van der Waals surface area (Å²) in [6.07, 6.45) is 3.40. The molecule has 0 aromatic heterocycles. The molecule has 0 radical (unpaired) electrons. The third-order valence-corrected chi connectivity index (χ3v) is 5.62. The molecule has 5 nitrogen and oxygen atoms in total. The molecule has 0 aliphatic carbocycles. The van der Waals surface area contributed by atoms with E-state index >= 15 is 0 Å². The summed E-state index contributed by atoms with van der Waals surface area (Å²) < 4.78 is 5.44. The number of hydrogen-bond acceptors (Lipinski definition) is 3. The summed E-state index contributed by atoms with van der Waals surface area (Å²) in [6.45, 7) is 5.55. The molecular weight excluding hydrogens is 290 g/mol. The van der Waals surface area contributed by atoms with E-state index in [-0.39, 0.29) is 6.03 Å².